The lowest BCUT2D eigenvalue weighted by Gasteiger charge is -2.04. The van der Waals surface area contributed by atoms with Crippen LogP contribution in [0.3, 0.4) is 0 Å². The number of hydrogen-bond donors (Lipinski definition) is 2. The first kappa shape index (κ1) is 42.4. The zero-order valence-corrected chi connectivity index (χ0v) is 28.5. The topological polar surface area (TPSA) is 82.8 Å². The minimum Gasteiger partial charge on any atom is -0.530 e. The zero-order chi connectivity index (χ0) is 30.3. The molecule has 1 amide bonds. The minimum atomic E-state index is -1.58. The van der Waals surface area contributed by atoms with E-state index in [2.05, 4.69) is 24.9 Å². The number of rotatable bonds is 34. The molecule has 0 aromatic heterocycles. The second-order valence-corrected chi connectivity index (χ2v) is 12.8. The van der Waals surface area contributed by atoms with Crippen molar-refractivity contribution in [3.63, 3.8) is 0 Å². The molecule has 248 valence electrons. The van der Waals surface area contributed by atoms with Crippen LogP contribution in [0.2, 0.25) is 0 Å². The van der Waals surface area contributed by atoms with Crippen molar-refractivity contribution in [1.82, 2.24) is 0 Å². The third-order valence-corrected chi connectivity index (χ3v) is 8.52. The number of carbonyl (C=O) groups is 1. The van der Waals surface area contributed by atoms with Crippen LogP contribution < -0.4 is 16.2 Å². The molecule has 0 aliphatic heterocycles. The molecule has 41 heavy (non-hydrogen) atoms. The van der Waals surface area contributed by atoms with Gasteiger partial charge in [0.15, 0.2) is 0 Å². The number of quaternary nitrogens is 1. The van der Waals surface area contributed by atoms with Crippen molar-refractivity contribution in [3.05, 3.63) is 0 Å². The summed E-state index contributed by atoms with van der Waals surface area (Å²) < 4.78 is 0. The van der Waals surface area contributed by atoms with E-state index in [1.165, 1.54) is 219 Å². The molecule has 0 bridgehead atoms. The van der Waals surface area contributed by atoms with E-state index in [0.717, 1.165) is 0 Å². The van der Waals surface area contributed by atoms with E-state index in [-0.39, 0.29) is 0 Å². The van der Waals surface area contributed by atoms with E-state index in [0.29, 0.717) is 0 Å². The van der Waals surface area contributed by atoms with E-state index in [1.54, 1.807) is 0 Å². The van der Waals surface area contributed by atoms with Gasteiger partial charge in [0.1, 0.15) is 6.09 Å². The van der Waals surface area contributed by atoms with Crippen LogP contribution in [0.15, 0.2) is 0 Å². The van der Waals surface area contributed by atoms with Crippen LogP contribution in [0.5, 0.6) is 0 Å². The summed E-state index contributed by atoms with van der Waals surface area (Å²) in [4.78, 5) is 8.67. The van der Waals surface area contributed by atoms with Crippen molar-refractivity contribution in [2.24, 2.45) is 5.73 Å². The Hall–Kier alpha value is -0.770. The molecule has 0 saturated heterocycles. The van der Waals surface area contributed by atoms with Gasteiger partial charge in [-0.1, -0.05) is 194 Å². The average Bonchev–Trinajstić information content (AvgIpc) is 2.95. The summed E-state index contributed by atoms with van der Waals surface area (Å²) in [5, 5.41) is 11.3. The highest BCUT2D eigenvalue weighted by Crippen LogP contribution is 2.15. The molecule has 0 fully saturated rings. The molecular weight excluding hydrogens is 504 g/mol. The number of carboxylic acid groups (broad SMARTS) is 1. The summed E-state index contributed by atoms with van der Waals surface area (Å²) >= 11 is 0. The van der Waals surface area contributed by atoms with E-state index in [1.807, 2.05) is 0 Å². The maximum Gasteiger partial charge on any atom is 0.131 e. The quantitative estimate of drug-likeness (QED) is 0.0740. The first-order valence-corrected chi connectivity index (χ1v) is 18.9. The number of unbranched alkanes of at least 4 members (excludes halogenated alkanes) is 30. The fraction of sp³-hybridized carbons (Fsp3) is 0.973. The third-order valence-electron chi connectivity index (χ3n) is 8.52. The van der Waals surface area contributed by atoms with Gasteiger partial charge in [0, 0.05) is 0 Å². The van der Waals surface area contributed by atoms with E-state index >= 15 is 0 Å². The average molecular weight is 583 g/mol. The largest absolute Gasteiger partial charge is 0.530 e. The van der Waals surface area contributed by atoms with Gasteiger partial charge >= 0.3 is 0 Å². The highest BCUT2D eigenvalue weighted by molar-refractivity contribution is 5.58. The Bertz CT molecular complexity index is 420. The van der Waals surface area contributed by atoms with E-state index in [9.17, 15) is 0 Å². The number of nitrogens with two attached hydrogens (primary N) is 2. The van der Waals surface area contributed by atoms with Crippen LogP contribution in [0.1, 0.15) is 219 Å². The number of carbonyl (C=O) groups excluding carboxylic acids is 1. The van der Waals surface area contributed by atoms with Gasteiger partial charge in [-0.3, -0.25) is 0 Å². The van der Waals surface area contributed by atoms with E-state index in [4.69, 9.17) is 9.90 Å². The summed E-state index contributed by atoms with van der Waals surface area (Å²) in [6.07, 6.45) is 45.5. The normalized spacial score (nSPS) is 11.0. The summed E-state index contributed by atoms with van der Waals surface area (Å²) in [6.45, 7) is 7.36. The molecule has 0 aliphatic carbocycles. The van der Waals surface area contributed by atoms with Crippen molar-refractivity contribution in [3.8, 4) is 0 Å². The van der Waals surface area contributed by atoms with Gasteiger partial charge in [0.2, 0.25) is 0 Å². The van der Waals surface area contributed by atoms with Crippen LogP contribution >= 0.6 is 0 Å². The summed E-state index contributed by atoms with van der Waals surface area (Å²) in [5.41, 5.74) is 3.92. The molecule has 0 radical (unpaired) electrons. The van der Waals surface area contributed by atoms with Gasteiger partial charge in [-0.15, -0.1) is 0 Å². The molecule has 0 unspecified atom stereocenters. The fourth-order valence-corrected chi connectivity index (χ4v) is 5.82. The minimum absolute atomic E-state index is 1.37. The van der Waals surface area contributed by atoms with Gasteiger partial charge in [-0.05, 0) is 25.7 Å². The second kappa shape index (κ2) is 41.4. The molecule has 0 rings (SSSR count). The molecule has 0 aromatic rings. The molecule has 0 aliphatic rings. The fourth-order valence-electron chi connectivity index (χ4n) is 5.82. The molecule has 4 heteroatoms. The Kier molecular flexibility index (Phi) is 42.7. The van der Waals surface area contributed by atoms with Crippen LogP contribution in [0.25, 0.3) is 0 Å². The molecule has 0 aromatic carbocycles. The number of primary amides is 1. The second-order valence-electron chi connectivity index (χ2n) is 12.8. The maximum atomic E-state index is 8.67. The third kappa shape index (κ3) is 49.2. The van der Waals surface area contributed by atoms with Crippen molar-refractivity contribution in [2.75, 3.05) is 13.1 Å². The van der Waals surface area contributed by atoms with Gasteiger partial charge in [0.25, 0.3) is 0 Å². The predicted octanol–water partition coefficient (Wildman–Crippen LogP) is 10.4. The van der Waals surface area contributed by atoms with Gasteiger partial charge in [0.05, 0.1) is 13.1 Å². The molecule has 4 nitrogen and oxygen atoms in total. The summed E-state index contributed by atoms with van der Waals surface area (Å²) in [6, 6.07) is 0. The lowest BCUT2D eigenvalue weighted by atomic mass is 10.0. The summed E-state index contributed by atoms with van der Waals surface area (Å²) in [7, 11) is 0. The molecular formula is C37H78N2O2. The lowest BCUT2D eigenvalue weighted by molar-refractivity contribution is -0.655. The summed E-state index contributed by atoms with van der Waals surface area (Å²) in [5.74, 6) is 0. The standard InChI is InChI=1S/C36H75N.CH3NO2/c1-3-5-7-9-11-13-15-17-19-21-23-25-27-29-31-33-35-37-36-34-32-30-28-26-24-22-20-18-16-14-12-10-8-6-4-2;2-1(3)4/h37H,3-36H2,1-2H3;2H2,(H,3,4). The van der Waals surface area contributed by atoms with Crippen molar-refractivity contribution >= 4 is 6.09 Å². The zero-order valence-electron chi connectivity index (χ0n) is 28.5. The Morgan fingerprint density at radius 3 is 0.707 bits per heavy atom. The van der Waals surface area contributed by atoms with Crippen molar-refractivity contribution in [2.45, 2.75) is 219 Å². The van der Waals surface area contributed by atoms with Crippen molar-refractivity contribution in [1.29, 1.82) is 0 Å². The number of hydrogen-bond acceptors (Lipinski definition) is 2. The smallest absolute Gasteiger partial charge is 0.131 e. The monoisotopic (exact) mass is 583 g/mol. The Labute approximate surface area is 259 Å². The van der Waals surface area contributed by atoms with E-state index < -0.39 is 6.09 Å². The van der Waals surface area contributed by atoms with Crippen LogP contribution in [-0.4, -0.2) is 19.2 Å². The predicted molar refractivity (Wildman–Crippen MR) is 180 cm³/mol. The highest BCUT2D eigenvalue weighted by Gasteiger charge is 1.97. The molecule has 4 N–H and O–H groups in total. The van der Waals surface area contributed by atoms with Crippen LogP contribution in [-0.2, 0) is 0 Å². The SMILES string of the molecule is CCCCCCCCCCCCCCCCCC[NH2+]CCCCCCCCCCCCCCCCCC.NC(=O)[O-]. The van der Waals surface area contributed by atoms with Gasteiger partial charge in [-0.2, -0.15) is 0 Å². The van der Waals surface area contributed by atoms with Crippen LogP contribution in [0.4, 0.5) is 4.79 Å². The van der Waals surface area contributed by atoms with Gasteiger partial charge < -0.3 is 21.0 Å². The Morgan fingerprint density at radius 1 is 0.390 bits per heavy atom. The maximum absolute atomic E-state index is 8.67. The van der Waals surface area contributed by atoms with Crippen LogP contribution in [0, 0.1) is 0 Å². The van der Waals surface area contributed by atoms with Crippen molar-refractivity contribution < 1.29 is 15.2 Å². The Balaban J connectivity index is 0. The Morgan fingerprint density at radius 2 is 0.537 bits per heavy atom. The molecule has 0 spiro atoms. The first-order valence-electron chi connectivity index (χ1n) is 18.9. The number of amides is 1. The first-order chi connectivity index (χ1) is 20.1. The molecule has 0 heterocycles. The molecule has 0 atom stereocenters. The molecule has 0 saturated carbocycles. The highest BCUT2D eigenvalue weighted by atomic mass is 16.4. The van der Waals surface area contributed by atoms with Gasteiger partial charge in [-0.25, -0.2) is 0 Å². The lowest BCUT2D eigenvalue weighted by Crippen LogP contribution is -2.84.